The standard InChI is InChI=1S/C15H18N6/c1-2-9-21-13(10-18-20-21)15(19-16)14-12-6-4-3-5-11(12)7-8-17-14/h3-8,10,15,19H,2,9,16H2,1H3. The van der Waals surface area contributed by atoms with E-state index in [0.717, 1.165) is 35.1 Å². The Morgan fingerprint density at radius 1 is 1.29 bits per heavy atom. The lowest BCUT2D eigenvalue weighted by atomic mass is 10.0. The molecule has 0 fully saturated rings. The van der Waals surface area contributed by atoms with Gasteiger partial charge in [-0.1, -0.05) is 36.4 Å². The van der Waals surface area contributed by atoms with E-state index >= 15 is 0 Å². The van der Waals surface area contributed by atoms with Crippen LogP contribution < -0.4 is 11.3 Å². The quantitative estimate of drug-likeness (QED) is 0.551. The molecule has 0 radical (unpaired) electrons. The first kappa shape index (κ1) is 13.7. The normalized spacial score (nSPS) is 12.7. The molecule has 2 aromatic heterocycles. The maximum atomic E-state index is 5.79. The highest BCUT2D eigenvalue weighted by molar-refractivity contribution is 5.84. The molecule has 0 saturated heterocycles. The molecule has 3 aromatic rings. The van der Waals surface area contributed by atoms with Gasteiger partial charge in [-0.3, -0.25) is 10.8 Å². The minimum absolute atomic E-state index is 0.238. The molecule has 0 aliphatic carbocycles. The van der Waals surface area contributed by atoms with E-state index in [9.17, 15) is 0 Å². The summed E-state index contributed by atoms with van der Waals surface area (Å²) in [5.74, 6) is 5.79. The van der Waals surface area contributed by atoms with E-state index in [0.29, 0.717) is 0 Å². The Morgan fingerprint density at radius 3 is 2.95 bits per heavy atom. The van der Waals surface area contributed by atoms with E-state index in [1.54, 1.807) is 12.4 Å². The van der Waals surface area contributed by atoms with Gasteiger partial charge in [0.2, 0.25) is 0 Å². The van der Waals surface area contributed by atoms with E-state index in [4.69, 9.17) is 5.84 Å². The molecule has 1 aromatic carbocycles. The lowest BCUT2D eigenvalue weighted by Crippen LogP contribution is -2.31. The van der Waals surface area contributed by atoms with Crippen molar-refractivity contribution in [2.45, 2.75) is 25.9 Å². The molecule has 2 heterocycles. The molecule has 1 unspecified atom stereocenters. The summed E-state index contributed by atoms with van der Waals surface area (Å²) in [6.45, 7) is 2.91. The molecular formula is C15H18N6. The first-order chi connectivity index (χ1) is 10.3. The summed E-state index contributed by atoms with van der Waals surface area (Å²) in [6.07, 6.45) is 4.52. The predicted molar refractivity (Wildman–Crippen MR) is 81.2 cm³/mol. The minimum atomic E-state index is -0.238. The SMILES string of the molecule is CCCn1nncc1C(NN)c1nccc2ccccc12. The molecule has 6 nitrogen and oxygen atoms in total. The summed E-state index contributed by atoms with van der Waals surface area (Å²) < 4.78 is 1.87. The second-order valence-electron chi connectivity index (χ2n) is 4.90. The number of nitrogens with one attached hydrogen (secondary N) is 1. The monoisotopic (exact) mass is 282 g/mol. The number of aryl methyl sites for hydroxylation is 1. The van der Waals surface area contributed by atoms with Crippen LogP contribution in [0.4, 0.5) is 0 Å². The third-order valence-corrected chi connectivity index (χ3v) is 3.52. The lowest BCUT2D eigenvalue weighted by Gasteiger charge is -2.18. The van der Waals surface area contributed by atoms with E-state index < -0.39 is 0 Å². The molecule has 0 aliphatic heterocycles. The third-order valence-electron chi connectivity index (χ3n) is 3.52. The van der Waals surface area contributed by atoms with Gasteiger partial charge in [0, 0.05) is 18.1 Å². The van der Waals surface area contributed by atoms with E-state index in [2.05, 4.69) is 39.8 Å². The van der Waals surface area contributed by atoms with Crippen LogP contribution in [-0.2, 0) is 6.54 Å². The van der Waals surface area contributed by atoms with Crippen LogP contribution >= 0.6 is 0 Å². The fraction of sp³-hybridized carbons (Fsp3) is 0.267. The Labute approximate surface area is 123 Å². The van der Waals surface area contributed by atoms with Crippen molar-refractivity contribution in [2.24, 2.45) is 5.84 Å². The van der Waals surface area contributed by atoms with E-state index in [1.807, 2.05) is 22.9 Å². The number of hydrazine groups is 1. The zero-order valence-electron chi connectivity index (χ0n) is 11.9. The van der Waals surface area contributed by atoms with Gasteiger partial charge >= 0.3 is 0 Å². The average Bonchev–Trinajstić information content (AvgIpc) is 2.97. The van der Waals surface area contributed by atoms with Crippen molar-refractivity contribution in [3.05, 3.63) is 54.1 Å². The maximum absolute atomic E-state index is 5.79. The van der Waals surface area contributed by atoms with Crippen LogP contribution in [0.5, 0.6) is 0 Å². The fourth-order valence-electron chi connectivity index (χ4n) is 2.55. The van der Waals surface area contributed by atoms with Crippen molar-refractivity contribution >= 4 is 10.8 Å². The topological polar surface area (TPSA) is 81.7 Å². The van der Waals surface area contributed by atoms with Crippen LogP contribution in [0.1, 0.15) is 30.8 Å². The van der Waals surface area contributed by atoms with Gasteiger partial charge in [-0.05, 0) is 17.9 Å². The van der Waals surface area contributed by atoms with Crippen LogP contribution in [0.15, 0.2) is 42.7 Å². The predicted octanol–water partition coefficient (Wildman–Crippen LogP) is 1.79. The van der Waals surface area contributed by atoms with Gasteiger partial charge in [-0.2, -0.15) is 0 Å². The van der Waals surface area contributed by atoms with Gasteiger partial charge in [0.1, 0.15) is 6.04 Å². The number of nitrogens with zero attached hydrogens (tertiary/aromatic N) is 4. The number of hydrogen-bond acceptors (Lipinski definition) is 5. The molecule has 1 atom stereocenters. The van der Waals surface area contributed by atoms with Gasteiger partial charge in [0.25, 0.3) is 0 Å². The van der Waals surface area contributed by atoms with Gasteiger partial charge in [0.05, 0.1) is 17.6 Å². The van der Waals surface area contributed by atoms with Crippen molar-refractivity contribution in [3.8, 4) is 0 Å². The van der Waals surface area contributed by atoms with Gasteiger partial charge in [-0.25, -0.2) is 10.1 Å². The summed E-state index contributed by atoms with van der Waals surface area (Å²) >= 11 is 0. The zero-order chi connectivity index (χ0) is 14.7. The molecule has 0 amide bonds. The van der Waals surface area contributed by atoms with Crippen molar-refractivity contribution in [1.82, 2.24) is 25.4 Å². The van der Waals surface area contributed by atoms with Crippen LogP contribution in [0, 0.1) is 0 Å². The van der Waals surface area contributed by atoms with Gasteiger partial charge < -0.3 is 0 Å². The molecule has 6 heteroatoms. The van der Waals surface area contributed by atoms with E-state index in [-0.39, 0.29) is 6.04 Å². The third kappa shape index (κ3) is 2.51. The molecule has 3 N–H and O–H groups in total. The Balaban J connectivity index is 2.12. The van der Waals surface area contributed by atoms with E-state index in [1.165, 1.54) is 0 Å². The second kappa shape index (κ2) is 5.99. The van der Waals surface area contributed by atoms with Crippen molar-refractivity contribution in [2.75, 3.05) is 0 Å². The number of nitrogens with two attached hydrogens (primary N) is 1. The molecule has 0 aliphatic rings. The largest absolute Gasteiger partial charge is 0.270 e. The maximum Gasteiger partial charge on any atom is 0.107 e. The van der Waals surface area contributed by atoms with Crippen LogP contribution in [0.2, 0.25) is 0 Å². The zero-order valence-corrected chi connectivity index (χ0v) is 11.9. The number of aromatic nitrogens is 4. The molecule has 0 saturated carbocycles. The summed E-state index contributed by atoms with van der Waals surface area (Å²) in [5.41, 5.74) is 4.65. The highest BCUT2D eigenvalue weighted by Crippen LogP contribution is 2.26. The van der Waals surface area contributed by atoms with Gasteiger partial charge in [-0.15, -0.1) is 5.10 Å². The number of pyridine rings is 1. The Morgan fingerprint density at radius 2 is 2.14 bits per heavy atom. The van der Waals surface area contributed by atoms with Crippen molar-refractivity contribution in [3.63, 3.8) is 0 Å². The number of rotatable bonds is 5. The molecule has 108 valence electrons. The molecule has 0 spiro atoms. The molecular weight excluding hydrogens is 264 g/mol. The summed E-state index contributed by atoms with van der Waals surface area (Å²) in [6, 6.07) is 9.89. The highest BCUT2D eigenvalue weighted by Gasteiger charge is 2.21. The van der Waals surface area contributed by atoms with Crippen LogP contribution in [0.25, 0.3) is 10.8 Å². The smallest absolute Gasteiger partial charge is 0.107 e. The second-order valence-corrected chi connectivity index (χ2v) is 4.90. The molecule has 21 heavy (non-hydrogen) atoms. The first-order valence-electron chi connectivity index (χ1n) is 7.03. The Bertz CT molecular complexity index is 730. The summed E-state index contributed by atoms with van der Waals surface area (Å²) in [7, 11) is 0. The number of fused-ring (bicyclic) bond motifs is 1. The lowest BCUT2D eigenvalue weighted by molar-refractivity contribution is 0.508. The van der Waals surface area contributed by atoms with Crippen LogP contribution in [0.3, 0.4) is 0 Å². The van der Waals surface area contributed by atoms with Gasteiger partial charge in [0.15, 0.2) is 0 Å². The van der Waals surface area contributed by atoms with Crippen molar-refractivity contribution in [1.29, 1.82) is 0 Å². The first-order valence-corrected chi connectivity index (χ1v) is 7.03. The molecule has 3 rings (SSSR count). The molecule has 0 bridgehead atoms. The van der Waals surface area contributed by atoms with Crippen molar-refractivity contribution < 1.29 is 0 Å². The average molecular weight is 282 g/mol. The number of benzene rings is 1. The summed E-state index contributed by atoms with van der Waals surface area (Å²) in [4.78, 5) is 4.52. The van der Waals surface area contributed by atoms with Crippen LogP contribution in [-0.4, -0.2) is 20.0 Å². The highest BCUT2D eigenvalue weighted by atomic mass is 15.4. The fourth-order valence-corrected chi connectivity index (χ4v) is 2.55. The Kier molecular flexibility index (Phi) is 3.89. The number of hydrogen-bond donors (Lipinski definition) is 2. The Hall–Kier alpha value is -2.31. The summed E-state index contributed by atoms with van der Waals surface area (Å²) in [5, 5.41) is 10.3. The minimum Gasteiger partial charge on any atom is -0.270 e.